The fraction of sp³-hybridized carbons (Fsp3) is 1.00. The van der Waals surface area contributed by atoms with Crippen molar-refractivity contribution in [2.75, 3.05) is 26.4 Å². The third-order valence-corrected chi connectivity index (χ3v) is 3.85. The molecule has 176 valence electrons. The standard InChI is InChI=1S/C8H20O4Si.Al.K.4NO3/c1-5-9-13(10-6-2,11-7-3)12-8-4;;;4*2-1(3)4/h5-8H2,1-4H3;;;;;;/q;+3;+1;4*-1. The van der Waals surface area contributed by atoms with Crippen LogP contribution in [0.3, 0.4) is 0 Å². The van der Waals surface area contributed by atoms with E-state index in [2.05, 4.69) is 0 Å². The monoisotopic (exact) mass is 522 g/mol. The minimum Gasteiger partial charge on any atom is -0.356 e. The molecule has 0 atom stereocenters. The Hall–Kier alpha value is -0.974. The molecule has 0 aromatic carbocycles. The van der Waals surface area contributed by atoms with Crippen LogP contribution in [0.4, 0.5) is 0 Å². The van der Waals surface area contributed by atoms with E-state index in [0.717, 1.165) is 0 Å². The molecule has 20 nitrogen and oxygen atoms in total. The van der Waals surface area contributed by atoms with Crippen molar-refractivity contribution in [1.29, 1.82) is 0 Å². The minimum absolute atomic E-state index is 0. The van der Waals surface area contributed by atoms with Gasteiger partial charge in [-0.25, -0.2) is 0 Å². The van der Waals surface area contributed by atoms with Gasteiger partial charge in [-0.15, -0.1) is 0 Å². The fourth-order valence-corrected chi connectivity index (χ4v) is 2.87. The second-order valence-electron chi connectivity index (χ2n) is 3.13. The van der Waals surface area contributed by atoms with Crippen molar-refractivity contribution in [3.05, 3.63) is 61.3 Å². The van der Waals surface area contributed by atoms with Crippen molar-refractivity contribution in [2.24, 2.45) is 0 Å². The average molecular weight is 522 g/mol. The summed E-state index contributed by atoms with van der Waals surface area (Å²) in [6.07, 6.45) is 0. The van der Waals surface area contributed by atoms with Crippen LogP contribution in [-0.2, 0) is 17.7 Å². The van der Waals surface area contributed by atoms with Crippen LogP contribution in [0.15, 0.2) is 0 Å². The third kappa shape index (κ3) is 93.9. The molecule has 0 amide bonds. The van der Waals surface area contributed by atoms with Crippen molar-refractivity contribution in [3.63, 3.8) is 0 Å². The van der Waals surface area contributed by atoms with Gasteiger partial charge in [-0.1, -0.05) is 0 Å². The van der Waals surface area contributed by atoms with Crippen molar-refractivity contribution in [3.8, 4) is 0 Å². The van der Waals surface area contributed by atoms with Crippen LogP contribution in [0.1, 0.15) is 27.7 Å². The number of hydrogen-bond donors (Lipinski definition) is 0. The van der Waals surface area contributed by atoms with Crippen LogP contribution >= 0.6 is 0 Å². The summed E-state index contributed by atoms with van der Waals surface area (Å²) in [5.74, 6) is 0. The first kappa shape index (κ1) is 47.7. The van der Waals surface area contributed by atoms with Gasteiger partial charge in [0.2, 0.25) is 0 Å². The Morgan fingerprint density at radius 3 is 0.677 bits per heavy atom. The van der Waals surface area contributed by atoms with Crippen LogP contribution in [-0.4, -0.2) is 73.2 Å². The third-order valence-electron chi connectivity index (χ3n) is 1.28. The van der Waals surface area contributed by atoms with Gasteiger partial charge in [0, 0.05) is 26.4 Å². The van der Waals surface area contributed by atoms with E-state index in [1.807, 2.05) is 27.7 Å². The van der Waals surface area contributed by atoms with Gasteiger partial charge >= 0.3 is 77.8 Å². The van der Waals surface area contributed by atoms with Crippen LogP contribution in [0.5, 0.6) is 0 Å². The minimum atomic E-state index is -2.80. The van der Waals surface area contributed by atoms with Crippen molar-refractivity contribution < 1.29 is 89.4 Å². The van der Waals surface area contributed by atoms with Gasteiger partial charge in [0.25, 0.3) is 0 Å². The molecule has 0 aromatic heterocycles. The van der Waals surface area contributed by atoms with Crippen LogP contribution in [0, 0.1) is 61.3 Å². The second kappa shape index (κ2) is 36.4. The summed E-state index contributed by atoms with van der Waals surface area (Å²) < 4.78 is 21.7. The summed E-state index contributed by atoms with van der Waals surface area (Å²) in [5.41, 5.74) is 0. The first-order chi connectivity index (χ1) is 13.2. The normalized spacial score (nSPS) is 8.13. The Bertz CT molecular complexity index is 345. The molecule has 0 radical (unpaired) electrons. The molecule has 31 heavy (non-hydrogen) atoms. The van der Waals surface area contributed by atoms with Crippen molar-refractivity contribution in [2.45, 2.75) is 27.7 Å². The number of rotatable bonds is 8. The zero-order chi connectivity index (χ0) is 24.5. The smallest absolute Gasteiger partial charge is 0.356 e. The van der Waals surface area contributed by atoms with Crippen LogP contribution in [0.25, 0.3) is 0 Å². The maximum absolute atomic E-state index is 8.25. The van der Waals surface area contributed by atoms with Gasteiger partial charge in [-0.3, -0.25) is 0 Å². The maximum Gasteiger partial charge on any atom is 3.00 e. The maximum atomic E-state index is 8.25. The first-order valence-corrected chi connectivity index (χ1v) is 8.62. The Balaban J connectivity index is -0.0000000533. The molecular weight excluding hydrogens is 502 g/mol. The molecule has 0 saturated heterocycles. The molecule has 0 aliphatic rings. The summed E-state index contributed by atoms with van der Waals surface area (Å²) in [5, 5.41) is 59.0. The quantitative estimate of drug-likeness (QED) is 0.177. The topological polar surface area (TPSA) is 302 Å². The van der Waals surface area contributed by atoms with Gasteiger partial charge < -0.3 is 79.0 Å². The SMILES string of the molecule is CCO[Si](OCC)(OCC)OCC.O=[N+]([O-])[O-].O=[N+]([O-])[O-].O=[N+]([O-])[O-].O=[N+]([O-])[O-].[Al+3].[K+]. The van der Waals surface area contributed by atoms with Gasteiger partial charge in [0.05, 0.1) is 20.3 Å². The Morgan fingerprint density at radius 2 is 0.613 bits per heavy atom. The largest absolute Gasteiger partial charge is 3.00 e. The second-order valence-corrected chi connectivity index (χ2v) is 5.28. The number of nitrogens with zero attached hydrogens (tertiary/aromatic N) is 4. The van der Waals surface area contributed by atoms with Crippen LogP contribution in [0.2, 0.25) is 0 Å². The molecule has 0 saturated carbocycles. The van der Waals surface area contributed by atoms with E-state index >= 15 is 0 Å². The molecule has 0 aliphatic carbocycles. The zero-order valence-electron chi connectivity index (χ0n) is 17.2. The molecule has 0 bridgehead atoms. The molecule has 0 fully saturated rings. The summed E-state index contributed by atoms with van der Waals surface area (Å²) in [7, 11) is -2.80. The van der Waals surface area contributed by atoms with E-state index < -0.39 is 29.4 Å². The molecule has 0 aromatic rings. The predicted molar refractivity (Wildman–Crippen MR) is 99.5 cm³/mol. The van der Waals surface area contributed by atoms with E-state index in [0.29, 0.717) is 26.4 Å². The molecule has 0 spiro atoms. The van der Waals surface area contributed by atoms with Gasteiger partial charge in [-0.2, -0.15) is 0 Å². The Morgan fingerprint density at radius 1 is 0.516 bits per heavy atom. The van der Waals surface area contributed by atoms with Crippen molar-refractivity contribution in [1.82, 2.24) is 0 Å². The summed E-state index contributed by atoms with van der Waals surface area (Å²) >= 11 is 0. The molecule has 23 heteroatoms. The van der Waals surface area contributed by atoms with E-state index in [1.165, 1.54) is 0 Å². The van der Waals surface area contributed by atoms with Crippen molar-refractivity contribution >= 4 is 26.4 Å². The van der Waals surface area contributed by atoms with Crippen LogP contribution < -0.4 is 51.4 Å². The zero-order valence-corrected chi connectivity index (χ0v) is 22.5. The molecule has 0 aliphatic heterocycles. The average Bonchev–Trinajstić information content (AvgIpc) is 2.45. The fourth-order valence-electron chi connectivity index (χ4n) is 0.957. The molecular formula is C8H20AlKN4O16Si. The predicted octanol–water partition coefficient (Wildman–Crippen LogP) is -2.77. The molecule has 0 heterocycles. The van der Waals surface area contributed by atoms with Gasteiger partial charge in [0.1, 0.15) is 0 Å². The van der Waals surface area contributed by atoms with Gasteiger partial charge in [-0.05, 0) is 27.7 Å². The molecule has 0 rings (SSSR count). The molecule has 0 N–H and O–H groups in total. The Labute approximate surface area is 229 Å². The molecule has 0 unspecified atom stereocenters. The number of hydrogen-bond acceptors (Lipinski definition) is 16. The van der Waals surface area contributed by atoms with E-state index in [4.69, 9.17) is 79.0 Å². The summed E-state index contributed by atoms with van der Waals surface area (Å²) in [4.78, 5) is 33.0. The first-order valence-electron chi connectivity index (χ1n) is 6.99. The van der Waals surface area contributed by atoms with Gasteiger partial charge in [0.15, 0.2) is 0 Å². The summed E-state index contributed by atoms with van der Waals surface area (Å²) in [6.45, 7) is 9.80. The van der Waals surface area contributed by atoms with E-state index in [1.54, 1.807) is 0 Å². The Kier molecular flexibility index (Phi) is 56.0. The van der Waals surface area contributed by atoms with E-state index in [9.17, 15) is 0 Å². The summed E-state index contributed by atoms with van der Waals surface area (Å²) in [6, 6.07) is 0. The van der Waals surface area contributed by atoms with E-state index in [-0.39, 0.29) is 68.7 Å².